The van der Waals surface area contributed by atoms with Crippen molar-refractivity contribution in [3.05, 3.63) is 70.0 Å². The van der Waals surface area contributed by atoms with Crippen molar-refractivity contribution in [1.82, 2.24) is 14.9 Å². The Morgan fingerprint density at radius 1 is 1.17 bits per heavy atom. The highest BCUT2D eigenvalue weighted by atomic mass is 32.2. The molecule has 1 N–H and O–H groups in total. The zero-order chi connectivity index (χ0) is 21.7. The van der Waals surface area contributed by atoms with E-state index in [1.165, 1.54) is 11.7 Å². The summed E-state index contributed by atoms with van der Waals surface area (Å²) in [7, 11) is 1.26. The predicted molar refractivity (Wildman–Crippen MR) is 116 cm³/mol. The maximum atomic E-state index is 12.9. The van der Waals surface area contributed by atoms with Crippen LogP contribution in [-0.2, 0) is 27.4 Å². The quantitative estimate of drug-likeness (QED) is 0.356. The van der Waals surface area contributed by atoms with E-state index in [2.05, 4.69) is 10.3 Å². The molecule has 3 aromatic rings. The minimum atomic E-state index is -0.562. The Labute approximate surface area is 178 Å². The van der Waals surface area contributed by atoms with E-state index in [1.54, 1.807) is 31.2 Å². The first-order valence-corrected chi connectivity index (χ1v) is 10.3. The molecule has 1 aromatic heterocycles. The van der Waals surface area contributed by atoms with E-state index < -0.39 is 11.2 Å². The number of aryl methyl sites for hydroxylation is 1. The molecule has 156 valence electrons. The Morgan fingerprint density at radius 3 is 2.57 bits per heavy atom. The summed E-state index contributed by atoms with van der Waals surface area (Å²) in [4.78, 5) is 41.8. The van der Waals surface area contributed by atoms with Crippen LogP contribution in [0.25, 0.3) is 10.9 Å². The molecular formula is C22H23N3O4S. The zero-order valence-corrected chi connectivity index (χ0v) is 17.9. The van der Waals surface area contributed by atoms with Gasteiger partial charge in [-0.3, -0.25) is 19.0 Å². The van der Waals surface area contributed by atoms with Gasteiger partial charge in [-0.25, -0.2) is 4.98 Å². The van der Waals surface area contributed by atoms with Crippen molar-refractivity contribution in [2.45, 2.75) is 37.3 Å². The van der Waals surface area contributed by atoms with Gasteiger partial charge in [0, 0.05) is 6.54 Å². The van der Waals surface area contributed by atoms with Gasteiger partial charge in [-0.15, -0.1) is 0 Å². The molecule has 1 unspecified atom stereocenters. The largest absolute Gasteiger partial charge is 0.468 e. The van der Waals surface area contributed by atoms with Crippen LogP contribution in [0.15, 0.2) is 58.5 Å². The monoisotopic (exact) mass is 425 g/mol. The topological polar surface area (TPSA) is 90.3 Å². The molecule has 1 heterocycles. The van der Waals surface area contributed by atoms with Gasteiger partial charge in [-0.05, 0) is 31.5 Å². The molecule has 0 aliphatic rings. The molecule has 0 fully saturated rings. The highest BCUT2D eigenvalue weighted by molar-refractivity contribution is 8.00. The number of fused-ring (bicyclic) bond motifs is 1. The first-order valence-electron chi connectivity index (χ1n) is 9.45. The van der Waals surface area contributed by atoms with Gasteiger partial charge in [0.05, 0.1) is 23.3 Å². The number of rotatable bonds is 7. The first kappa shape index (κ1) is 21.6. The number of benzene rings is 2. The van der Waals surface area contributed by atoms with Crippen molar-refractivity contribution in [2.24, 2.45) is 0 Å². The second-order valence-corrected chi connectivity index (χ2v) is 8.15. The number of methoxy groups -OCH3 is 1. The van der Waals surface area contributed by atoms with Gasteiger partial charge in [0.1, 0.15) is 6.54 Å². The molecule has 0 spiro atoms. The number of para-hydroxylation sites is 1. The maximum absolute atomic E-state index is 12.9. The molecule has 0 radical (unpaired) electrons. The average molecular weight is 426 g/mol. The van der Waals surface area contributed by atoms with Crippen molar-refractivity contribution in [3.8, 4) is 0 Å². The summed E-state index contributed by atoms with van der Waals surface area (Å²) in [6.45, 7) is 3.88. The Bertz CT molecular complexity index is 1130. The van der Waals surface area contributed by atoms with Gasteiger partial charge in [0.2, 0.25) is 5.91 Å². The summed E-state index contributed by atoms with van der Waals surface area (Å²) in [5.41, 5.74) is 2.32. The lowest BCUT2D eigenvalue weighted by Crippen LogP contribution is -2.32. The molecule has 1 atom stereocenters. The second kappa shape index (κ2) is 9.58. The minimum Gasteiger partial charge on any atom is -0.468 e. The van der Waals surface area contributed by atoms with Crippen molar-refractivity contribution in [1.29, 1.82) is 0 Å². The van der Waals surface area contributed by atoms with Gasteiger partial charge in [0.15, 0.2) is 5.16 Å². The molecule has 0 saturated carbocycles. The summed E-state index contributed by atoms with van der Waals surface area (Å²) in [5, 5.41) is 3.07. The molecule has 0 saturated heterocycles. The third kappa shape index (κ3) is 5.07. The smallest absolute Gasteiger partial charge is 0.325 e. The zero-order valence-electron chi connectivity index (χ0n) is 17.0. The molecule has 0 aliphatic carbocycles. The first-order chi connectivity index (χ1) is 14.4. The number of nitrogens with zero attached hydrogens (tertiary/aromatic N) is 2. The number of carbonyl (C=O) groups is 2. The number of aromatic nitrogens is 2. The molecule has 30 heavy (non-hydrogen) atoms. The predicted octanol–water partition coefficient (Wildman–Crippen LogP) is 2.67. The number of ether oxygens (including phenoxy) is 1. The molecular weight excluding hydrogens is 402 g/mol. The SMILES string of the molecule is COC(=O)Cn1c(SC(C)C(=O)NCc2ccc(C)cc2)nc2ccccc2c1=O. The van der Waals surface area contributed by atoms with Crippen molar-refractivity contribution < 1.29 is 14.3 Å². The van der Waals surface area contributed by atoms with Crippen LogP contribution < -0.4 is 10.9 Å². The fourth-order valence-corrected chi connectivity index (χ4v) is 3.75. The van der Waals surface area contributed by atoms with Gasteiger partial charge < -0.3 is 10.1 Å². The van der Waals surface area contributed by atoms with Crippen molar-refractivity contribution in [3.63, 3.8) is 0 Å². The van der Waals surface area contributed by atoms with Crippen molar-refractivity contribution in [2.75, 3.05) is 7.11 Å². The summed E-state index contributed by atoms with van der Waals surface area (Å²) < 4.78 is 5.96. The molecule has 2 aromatic carbocycles. The van der Waals surface area contributed by atoms with E-state index in [0.717, 1.165) is 22.9 Å². The lowest BCUT2D eigenvalue weighted by molar-refractivity contribution is -0.141. The van der Waals surface area contributed by atoms with E-state index >= 15 is 0 Å². The Hall–Kier alpha value is -3.13. The van der Waals surface area contributed by atoms with Gasteiger partial charge in [0.25, 0.3) is 5.56 Å². The number of hydrogen-bond acceptors (Lipinski definition) is 6. The number of thioether (sulfide) groups is 1. The van der Waals surface area contributed by atoms with Gasteiger partial charge >= 0.3 is 5.97 Å². The highest BCUT2D eigenvalue weighted by Gasteiger charge is 2.20. The van der Waals surface area contributed by atoms with E-state index in [4.69, 9.17) is 4.74 Å². The second-order valence-electron chi connectivity index (χ2n) is 6.84. The van der Waals surface area contributed by atoms with Crippen molar-refractivity contribution >= 4 is 34.5 Å². The van der Waals surface area contributed by atoms with Crippen LogP contribution in [0.2, 0.25) is 0 Å². The normalized spacial score (nSPS) is 11.8. The average Bonchev–Trinajstić information content (AvgIpc) is 2.75. The molecule has 0 bridgehead atoms. The Balaban J connectivity index is 1.81. The van der Waals surface area contributed by atoms with Crippen LogP contribution in [-0.4, -0.2) is 33.8 Å². The summed E-state index contributed by atoms with van der Waals surface area (Å²) in [6, 6.07) is 14.8. The number of hydrogen-bond donors (Lipinski definition) is 1. The Kier molecular flexibility index (Phi) is 6.89. The van der Waals surface area contributed by atoms with Crippen LogP contribution in [0.5, 0.6) is 0 Å². The molecule has 8 heteroatoms. The number of nitrogens with one attached hydrogen (secondary N) is 1. The fourth-order valence-electron chi connectivity index (χ4n) is 2.82. The summed E-state index contributed by atoms with van der Waals surface area (Å²) in [6.07, 6.45) is 0. The fraction of sp³-hybridized carbons (Fsp3) is 0.273. The van der Waals surface area contributed by atoms with E-state index in [1.807, 2.05) is 31.2 Å². The number of esters is 1. The van der Waals surface area contributed by atoms with Crippen LogP contribution in [0.4, 0.5) is 0 Å². The molecule has 0 aliphatic heterocycles. The standard InChI is InChI=1S/C22H23N3O4S/c1-14-8-10-16(11-9-14)12-23-20(27)15(2)30-22-24-18-7-5-4-6-17(18)21(28)25(22)13-19(26)29-3/h4-11,15H,12-13H2,1-3H3,(H,23,27). The molecule has 3 rings (SSSR count). The van der Waals surface area contributed by atoms with Crippen LogP contribution in [0.3, 0.4) is 0 Å². The van der Waals surface area contributed by atoms with E-state index in [-0.39, 0.29) is 18.0 Å². The lowest BCUT2D eigenvalue weighted by Gasteiger charge is -2.16. The Morgan fingerprint density at radius 2 is 1.87 bits per heavy atom. The summed E-state index contributed by atoms with van der Waals surface area (Å²) in [5.74, 6) is -0.750. The van der Waals surface area contributed by atoms with Gasteiger partial charge in [-0.2, -0.15) is 0 Å². The van der Waals surface area contributed by atoms with Crippen LogP contribution in [0.1, 0.15) is 18.1 Å². The number of carbonyl (C=O) groups excluding carboxylic acids is 2. The van der Waals surface area contributed by atoms with Crippen LogP contribution in [0, 0.1) is 6.92 Å². The van der Waals surface area contributed by atoms with E-state index in [9.17, 15) is 14.4 Å². The summed E-state index contributed by atoms with van der Waals surface area (Å²) >= 11 is 1.13. The molecule has 1 amide bonds. The highest BCUT2D eigenvalue weighted by Crippen LogP contribution is 2.23. The molecule has 7 nitrogen and oxygen atoms in total. The van der Waals surface area contributed by atoms with E-state index in [0.29, 0.717) is 22.6 Å². The van der Waals surface area contributed by atoms with Gasteiger partial charge in [-0.1, -0.05) is 53.7 Å². The number of amides is 1. The third-order valence-corrected chi connectivity index (χ3v) is 5.67. The minimum absolute atomic E-state index is 0.187. The third-order valence-electron chi connectivity index (χ3n) is 4.58. The lowest BCUT2D eigenvalue weighted by atomic mass is 10.1. The van der Waals surface area contributed by atoms with Crippen LogP contribution >= 0.6 is 11.8 Å². The maximum Gasteiger partial charge on any atom is 0.325 e.